The Morgan fingerprint density at radius 2 is 1.67 bits per heavy atom. The van der Waals surface area contributed by atoms with Gasteiger partial charge in [0.25, 0.3) is 0 Å². The molecule has 0 saturated carbocycles. The normalized spacial score (nSPS) is 11.3. The number of anilines is 1. The lowest BCUT2D eigenvalue weighted by atomic mass is 10.0. The molecule has 0 fully saturated rings. The average molecular weight is 376 g/mol. The molecule has 5 nitrogen and oxygen atoms in total. The number of halogens is 4. The second kappa shape index (κ2) is 7.48. The standard InChI is InChI=1S/C18H12F4N4O/c19-15-2-1-12(7-14(15)18(20,21)22)16(27)13-9-25-17(26-10-13)24-8-11-3-5-23-6-4-11/h1-7,9-10H,8H2,(H,24,25,26). The van der Waals surface area contributed by atoms with Crippen LogP contribution in [0, 0.1) is 5.82 Å². The van der Waals surface area contributed by atoms with Gasteiger partial charge in [0.2, 0.25) is 5.95 Å². The molecule has 9 heteroatoms. The lowest BCUT2D eigenvalue weighted by molar-refractivity contribution is -0.140. The summed E-state index contributed by atoms with van der Waals surface area (Å²) in [5, 5.41) is 2.94. The minimum atomic E-state index is -4.89. The lowest BCUT2D eigenvalue weighted by Gasteiger charge is -2.10. The van der Waals surface area contributed by atoms with Crippen LogP contribution in [0.25, 0.3) is 0 Å². The Bertz CT molecular complexity index is 944. The maximum absolute atomic E-state index is 13.3. The molecule has 0 bridgehead atoms. The first-order valence-electron chi connectivity index (χ1n) is 7.71. The third kappa shape index (κ3) is 4.43. The van der Waals surface area contributed by atoms with Crippen LogP contribution in [0.1, 0.15) is 27.0 Å². The number of carbonyl (C=O) groups excluding carboxylic acids is 1. The van der Waals surface area contributed by atoms with E-state index < -0.39 is 23.3 Å². The van der Waals surface area contributed by atoms with E-state index in [4.69, 9.17) is 0 Å². The van der Waals surface area contributed by atoms with Crippen molar-refractivity contribution in [2.75, 3.05) is 5.32 Å². The molecule has 1 N–H and O–H groups in total. The van der Waals surface area contributed by atoms with Crippen molar-refractivity contribution in [1.29, 1.82) is 0 Å². The summed E-state index contributed by atoms with van der Waals surface area (Å²) in [6, 6.07) is 5.69. The van der Waals surface area contributed by atoms with E-state index in [0.29, 0.717) is 18.7 Å². The molecule has 0 spiro atoms. The van der Waals surface area contributed by atoms with E-state index in [0.717, 1.165) is 11.6 Å². The highest BCUT2D eigenvalue weighted by molar-refractivity contribution is 6.08. The molecular formula is C18H12F4N4O. The number of hydrogen-bond acceptors (Lipinski definition) is 5. The van der Waals surface area contributed by atoms with Gasteiger partial charge in [-0.3, -0.25) is 9.78 Å². The highest BCUT2D eigenvalue weighted by Crippen LogP contribution is 2.32. The van der Waals surface area contributed by atoms with E-state index in [1.54, 1.807) is 24.5 Å². The molecule has 0 amide bonds. The van der Waals surface area contributed by atoms with Crippen molar-refractivity contribution in [3.8, 4) is 0 Å². The summed E-state index contributed by atoms with van der Waals surface area (Å²) in [6.45, 7) is 0.433. The molecule has 27 heavy (non-hydrogen) atoms. The van der Waals surface area contributed by atoms with Gasteiger partial charge in [0.05, 0.1) is 11.1 Å². The third-order valence-corrected chi connectivity index (χ3v) is 3.65. The lowest BCUT2D eigenvalue weighted by Crippen LogP contribution is -2.11. The number of ketones is 1. The van der Waals surface area contributed by atoms with E-state index in [9.17, 15) is 22.4 Å². The first-order valence-corrected chi connectivity index (χ1v) is 7.71. The average Bonchev–Trinajstić information content (AvgIpc) is 2.66. The fraction of sp³-hybridized carbons (Fsp3) is 0.111. The van der Waals surface area contributed by atoms with Gasteiger partial charge in [-0.2, -0.15) is 13.2 Å². The number of nitrogens with zero attached hydrogens (tertiary/aromatic N) is 3. The first kappa shape index (κ1) is 18.4. The molecule has 1 aromatic carbocycles. The van der Waals surface area contributed by atoms with Gasteiger partial charge in [0.15, 0.2) is 5.78 Å². The number of alkyl halides is 3. The zero-order chi connectivity index (χ0) is 19.4. The molecule has 138 valence electrons. The smallest absolute Gasteiger partial charge is 0.350 e. The number of benzene rings is 1. The van der Waals surface area contributed by atoms with E-state index in [2.05, 4.69) is 20.3 Å². The van der Waals surface area contributed by atoms with Crippen LogP contribution in [0.3, 0.4) is 0 Å². The summed E-state index contributed by atoms with van der Waals surface area (Å²) in [5.41, 5.74) is -0.862. The van der Waals surface area contributed by atoms with Crippen LogP contribution < -0.4 is 5.32 Å². The number of pyridine rings is 1. The van der Waals surface area contributed by atoms with E-state index in [1.807, 2.05) is 0 Å². The summed E-state index contributed by atoms with van der Waals surface area (Å²) < 4.78 is 51.7. The van der Waals surface area contributed by atoms with Crippen molar-refractivity contribution in [3.63, 3.8) is 0 Å². The van der Waals surface area contributed by atoms with E-state index in [1.165, 1.54) is 12.4 Å². The quantitative estimate of drug-likeness (QED) is 0.541. The molecule has 3 rings (SSSR count). The maximum atomic E-state index is 13.3. The minimum Gasteiger partial charge on any atom is -0.350 e. The Hall–Kier alpha value is -3.36. The van der Waals surface area contributed by atoms with Gasteiger partial charge in [0, 0.05) is 36.9 Å². The second-order valence-electron chi connectivity index (χ2n) is 5.53. The molecule has 0 atom stereocenters. The van der Waals surface area contributed by atoms with Crippen molar-refractivity contribution in [1.82, 2.24) is 15.0 Å². The summed E-state index contributed by atoms with van der Waals surface area (Å²) in [7, 11) is 0. The predicted octanol–water partition coefficient (Wildman–Crippen LogP) is 3.87. The Kier molecular flexibility index (Phi) is 5.11. The maximum Gasteiger partial charge on any atom is 0.419 e. The van der Waals surface area contributed by atoms with Crippen LogP contribution in [0.5, 0.6) is 0 Å². The van der Waals surface area contributed by atoms with Crippen LogP contribution in [-0.2, 0) is 12.7 Å². The Balaban J connectivity index is 1.74. The van der Waals surface area contributed by atoms with Gasteiger partial charge < -0.3 is 5.32 Å². The number of hydrogen-bond donors (Lipinski definition) is 1. The summed E-state index contributed by atoms with van der Waals surface area (Å²) in [5.74, 6) is -1.93. The second-order valence-corrected chi connectivity index (χ2v) is 5.53. The van der Waals surface area contributed by atoms with Crippen molar-refractivity contribution < 1.29 is 22.4 Å². The zero-order valence-corrected chi connectivity index (χ0v) is 13.7. The van der Waals surface area contributed by atoms with Gasteiger partial charge in [-0.1, -0.05) is 0 Å². The van der Waals surface area contributed by atoms with Crippen LogP contribution in [0.15, 0.2) is 55.1 Å². The molecule has 0 unspecified atom stereocenters. The van der Waals surface area contributed by atoms with Gasteiger partial charge in [0.1, 0.15) is 5.82 Å². The fourth-order valence-corrected chi connectivity index (χ4v) is 2.27. The molecular weight excluding hydrogens is 364 g/mol. The minimum absolute atomic E-state index is 0.0100. The summed E-state index contributed by atoms with van der Waals surface area (Å²) >= 11 is 0. The summed E-state index contributed by atoms with van der Waals surface area (Å²) in [6.07, 6.45) is 0.772. The van der Waals surface area contributed by atoms with E-state index >= 15 is 0 Å². The van der Waals surface area contributed by atoms with Gasteiger partial charge in [-0.25, -0.2) is 14.4 Å². The molecule has 2 heterocycles. The summed E-state index contributed by atoms with van der Waals surface area (Å²) in [4.78, 5) is 24.2. The highest BCUT2D eigenvalue weighted by Gasteiger charge is 2.34. The third-order valence-electron chi connectivity index (χ3n) is 3.65. The van der Waals surface area contributed by atoms with Crippen LogP contribution in [0.2, 0.25) is 0 Å². The molecule has 0 aliphatic rings. The van der Waals surface area contributed by atoms with Crippen LogP contribution >= 0.6 is 0 Å². The van der Waals surface area contributed by atoms with Gasteiger partial charge >= 0.3 is 6.18 Å². The molecule has 0 radical (unpaired) electrons. The number of rotatable bonds is 5. The topological polar surface area (TPSA) is 67.8 Å². The molecule has 0 aliphatic carbocycles. The number of aromatic nitrogens is 3. The van der Waals surface area contributed by atoms with Crippen molar-refractivity contribution in [3.05, 3.63) is 83.2 Å². The predicted molar refractivity (Wildman–Crippen MR) is 88.4 cm³/mol. The Labute approximate surface area is 151 Å². The Morgan fingerprint density at radius 3 is 2.30 bits per heavy atom. The van der Waals surface area contributed by atoms with Crippen LogP contribution in [-0.4, -0.2) is 20.7 Å². The zero-order valence-electron chi connectivity index (χ0n) is 13.7. The Morgan fingerprint density at radius 1 is 1.00 bits per heavy atom. The molecule has 2 aromatic heterocycles. The van der Waals surface area contributed by atoms with Gasteiger partial charge in [-0.05, 0) is 35.9 Å². The van der Waals surface area contributed by atoms with Crippen LogP contribution in [0.4, 0.5) is 23.5 Å². The number of carbonyl (C=O) groups is 1. The largest absolute Gasteiger partial charge is 0.419 e. The monoisotopic (exact) mass is 376 g/mol. The van der Waals surface area contributed by atoms with Gasteiger partial charge in [-0.15, -0.1) is 0 Å². The van der Waals surface area contributed by atoms with Crippen molar-refractivity contribution in [2.24, 2.45) is 0 Å². The fourth-order valence-electron chi connectivity index (χ4n) is 2.27. The number of nitrogens with one attached hydrogen (secondary N) is 1. The molecule has 3 aromatic rings. The SMILES string of the molecule is O=C(c1cnc(NCc2ccncc2)nc1)c1ccc(F)c(C(F)(F)F)c1. The highest BCUT2D eigenvalue weighted by atomic mass is 19.4. The van der Waals surface area contributed by atoms with E-state index in [-0.39, 0.29) is 17.1 Å². The molecule has 0 saturated heterocycles. The first-order chi connectivity index (χ1) is 12.8. The van der Waals surface area contributed by atoms with Crippen molar-refractivity contribution in [2.45, 2.75) is 12.7 Å². The van der Waals surface area contributed by atoms with Crippen molar-refractivity contribution >= 4 is 11.7 Å². The molecule has 0 aliphatic heterocycles.